The minimum absolute atomic E-state index is 0.108. The Bertz CT molecular complexity index is 863. The summed E-state index contributed by atoms with van der Waals surface area (Å²) in [6.07, 6.45) is 5.82. The van der Waals surface area contributed by atoms with Gasteiger partial charge in [0.25, 0.3) is 0 Å². The molecule has 0 aliphatic carbocycles. The van der Waals surface area contributed by atoms with Crippen LogP contribution in [-0.2, 0) is 18.3 Å². The quantitative estimate of drug-likeness (QED) is 0.712. The number of aryl methyl sites for hydroxylation is 1. The first kappa shape index (κ1) is 17.8. The van der Waals surface area contributed by atoms with Crippen LogP contribution >= 0.6 is 0 Å². The Morgan fingerprint density at radius 2 is 2.00 bits per heavy atom. The first-order chi connectivity index (χ1) is 13.3. The lowest BCUT2D eigenvalue weighted by Gasteiger charge is -2.30. The molecule has 0 amide bonds. The van der Waals surface area contributed by atoms with E-state index in [9.17, 15) is 0 Å². The number of benzene rings is 2. The van der Waals surface area contributed by atoms with Crippen LogP contribution in [0.2, 0.25) is 0 Å². The fraction of sp³-hybridized carbons (Fsp3) is 0.318. The topological polar surface area (TPSA) is 48.3 Å². The number of aromatic nitrogens is 2. The fourth-order valence-corrected chi connectivity index (χ4v) is 3.47. The summed E-state index contributed by atoms with van der Waals surface area (Å²) >= 11 is 0. The highest BCUT2D eigenvalue weighted by Gasteiger charge is 2.25. The molecule has 1 fully saturated rings. The summed E-state index contributed by atoms with van der Waals surface area (Å²) in [6.45, 7) is 1.58. The molecule has 3 aromatic rings. The molecular formula is C22H25N3O2. The third-order valence-corrected chi connectivity index (χ3v) is 4.94. The Hall–Kier alpha value is -2.63. The maximum atomic E-state index is 5.95. The van der Waals surface area contributed by atoms with Crippen LogP contribution in [0.15, 0.2) is 67.1 Å². The SMILES string of the molecule is Cn1cncc1C1CC(NCc2cccc(Oc3ccccc3)c2)CCO1. The zero-order valence-electron chi connectivity index (χ0n) is 15.5. The summed E-state index contributed by atoms with van der Waals surface area (Å²) in [5, 5.41) is 3.68. The highest BCUT2D eigenvalue weighted by molar-refractivity contribution is 5.33. The Labute approximate surface area is 160 Å². The number of hydrogen-bond donors (Lipinski definition) is 1. The molecule has 1 aromatic heterocycles. The van der Waals surface area contributed by atoms with Gasteiger partial charge in [0.15, 0.2) is 0 Å². The Morgan fingerprint density at radius 1 is 1.15 bits per heavy atom. The molecule has 2 unspecified atom stereocenters. The van der Waals surface area contributed by atoms with Gasteiger partial charge in [-0.1, -0.05) is 30.3 Å². The van der Waals surface area contributed by atoms with Gasteiger partial charge < -0.3 is 19.4 Å². The molecule has 0 bridgehead atoms. The van der Waals surface area contributed by atoms with E-state index < -0.39 is 0 Å². The molecule has 1 saturated heterocycles. The molecule has 2 aromatic carbocycles. The summed E-state index contributed by atoms with van der Waals surface area (Å²) in [7, 11) is 2.01. The lowest BCUT2D eigenvalue weighted by Crippen LogP contribution is -2.36. The van der Waals surface area contributed by atoms with Crippen molar-refractivity contribution in [2.45, 2.75) is 31.5 Å². The number of nitrogens with zero attached hydrogens (tertiary/aromatic N) is 2. The van der Waals surface area contributed by atoms with Crippen LogP contribution in [-0.4, -0.2) is 22.2 Å². The summed E-state index contributed by atoms with van der Waals surface area (Å²) in [6, 6.07) is 18.5. The molecule has 1 aliphatic heterocycles. The molecule has 2 atom stereocenters. The van der Waals surface area contributed by atoms with Crippen molar-refractivity contribution < 1.29 is 9.47 Å². The lowest BCUT2D eigenvalue weighted by atomic mass is 10.0. The fourth-order valence-electron chi connectivity index (χ4n) is 3.47. The van der Waals surface area contributed by atoms with Crippen molar-refractivity contribution in [3.8, 4) is 11.5 Å². The second-order valence-corrected chi connectivity index (χ2v) is 6.95. The van der Waals surface area contributed by atoms with E-state index in [0.717, 1.165) is 43.2 Å². The molecule has 0 spiro atoms. The lowest BCUT2D eigenvalue weighted by molar-refractivity contribution is -0.00404. The van der Waals surface area contributed by atoms with Gasteiger partial charge in [-0.25, -0.2) is 4.98 Å². The molecule has 0 radical (unpaired) electrons. The van der Waals surface area contributed by atoms with E-state index in [1.54, 1.807) is 0 Å². The normalized spacial score (nSPS) is 19.7. The van der Waals surface area contributed by atoms with Crippen LogP contribution in [0, 0.1) is 0 Å². The van der Waals surface area contributed by atoms with Crippen LogP contribution in [0.3, 0.4) is 0 Å². The average molecular weight is 363 g/mol. The van der Waals surface area contributed by atoms with Crippen molar-refractivity contribution in [3.63, 3.8) is 0 Å². The van der Waals surface area contributed by atoms with E-state index in [1.165, 1.54) is 5.56 Å². The van der Waals surface area contributed by atoms with Gasteiger partial charge in [-0.05, 0) is 42.7 Å². The van der Waals surface area contributed by atoms with E-state index >= 15 is 0 Å². The van der Waals surface area contributed by atoms with Crippen molar-refractivity contribution in [1.82, 2.24) is 14.9 Å². The first-order valence-corrected chi connectivity index (χ1v) is 9.41. The maximum absolute atomic E-state index is 5.95. The van der Waals surface area contributed by atoms with Gasteiger partial charge in [0, 0.05) is 26.2 Å². The van der Waals surface area contributed by atoms with Crippen LogP contribution in [0.5, 0.6) is 11.5 Å². The predicted octanol–water partition coefficient (Wildman–Crippen LogP) is 4.22. The second kappa shape index (κ2) is 8.37. The highest BCUT2D eigenvalue weighted by atomic mass is 16.5. The number of hydrogen-bond acceptors (Lipinski definition) is 4. The largest absolute Gasteiger partial charge is 0.457 e. The minimum Gasteiger partial charge on any atom is -0.457 e. The zero-order valence-corrected chi connectivity index (χ0v) is 15.5. The Kier molecular flexibility index (Phi) is 5.51. The van der Waals surface area contributed by atoms with E-state index in [2.05, 4.69) is 22.4 Å². The molecular weight excluding hydrogens is 338 g/mol. The third kappa shape index (κ3) is 4.56. The maximum Gasteiger partial charge on any atom is 0.127 e. The number of nitrogens with one attached hydrogen (secondary N) is 1. The molecule has 0 saturated carbocycles. The van der Waals surface area contributed by atoms with Crippen molar-refractivity contribution in [2.24, 2.45) is 7.05 Å². The van der Waals surface area contributed by atoms with Gasteiger partial charge in [0.1, 0.15) is 17.6 Å². The predicted molar refractivity (Wildman–Crippen MR) is 105 cm³/mol. The number of imidazole rings is 1. The number of ether oxygens (including phenoxy) is 2. The van der Waals surface area contributed by atoms with Crippen molar-refractivity contribution >= 4 is 0 Å². The Morgan fingerprint density at radius 3 is 2.81 bits per heavy atom. The van der Waals surface area contributed by atoms with Gasteiger partial charge in [0.2, 0.25) is 0 Å². The van der Waals surface area contributed by atoms with E-state index in [1.807, 2.05) is 66.6 Å². The Balaban J connectivity index is 1.34. The molecule has 5 heteroatoms. The van der Waals surface area contributed by atoms with Crippen LogP contribution in [0.1, 0.15) is 30.2 Å². The van der Waals surface area contributed by atoms with E-state index in [-0.39, 0.29) is 6.10 Å². The zero-order chi connectivity index (χ0) is 18.5. The van der Waals surface area contributed by atoms with Crippen molar-refractivity contribution in [2.75, 3.05) is 6.61 Å². The molecule has 1 aliphatic rings. The van der Waals surface area contributed by atoms with Crippen LogP contribution < -0.4 is 10.1 Å². The number of rotatable bonds is 6. The van der Waals surface area contributed by atoms with Gasteiger partial charge in [0.05, 0.1) is 18.2 Å². The monoisotopic (exact) mass is 363 g/mol. The highest BCUT2D eigenvalue weighted by Crippen LogP contribution is 2.28. The molecule has 140 valence electrons. The third-order valence-electron chi connectivity index (χ3n) is 4.94. The molecule has 5 nitrogen and oxygen atoms in total. The molecule has 4 rings (SSSR count). The van der Waals surface area contributed by atoms with Gasteiger partial charge in [-0.3, -0.25) is 0 Å². The summed E-state index contributed by atoms with van der Waals surface area (Å²) in [5.74, 6) is 1.71. The summed E-state index contributed by atoms with van der Waals surface area (Å²) in [4.78, 5) is 4.21. The molecule has 1 N–H and O–H groups in total. The summed E-state index contributed by atoms with van der Waals surface area (Å²) in [5.41, 5.74) is 2.35. The molecule has 2 heterocycles. The standard InChI is InChI=1S/C22H25N3O2/c1-25-16-23-15-21(25)22-13-18(10-11-26-22)24-14-17-6-5-9-20(12-17)27-19-7-3-2-4-8-19/h2-9,12,15-16,18,22,24H,10-11,13-14H2,1H3. The van der Waals surface area contributed by atoms with Crippen LogP contribution in [0.25, 0.3) is 0 Å². The molecule has 27 heavy (non-hydrogen) atoms. The second-order valence-electron chi connectivity index (χ2n) is 6.95. The van der Waals surface area contributed by atoms with Gasteiger partial charge in [-0.2, -0.15) is 0 Å². The first-order valence-electron chi connectivity index (χ1n) is 9.41. The van der Waals surface area contributed by atoms with Crippen LogP contribution in [0.4, 0.5) is 0 Å². The van der Waals surface area contributed by atoms with Gasteiger partial charge >= 0.3 is 0 Å². The summed E-state index contributed by atoms with van der Waals surface area (Å²) < 4.78 is 13.9. The van der Waals surface area contributed by atoms with E-state index in [4.69, 9.17) is 9.47 Å². The van der Waals surface area contributed by atoms with Gasteiger partial charge in [-0.15, -0.1) is 0 Å². The average Bonchev–Trinajstić information content (AvgIpc) is 3.14. The van der Waals surface area contributed by atoms with Crippen molar-refractivity contribution in [3.05, 3.63) is 78.4 Å². The number of para-hydroxylation sites is 1. The van der Waals surface area contributed by atoms with Crippen molar-refractivity contribution in [1.29, 1.82) is 0 Å². The minimum atomic E-state index is 0.108. The smallest absolute Gasteiger partial charge is 0.127 e. The van der Waals surface area contributed by atoms with E-state index in [0.29, 0.717) is 6.04 Å².